The molecule has 0 radical (unpaired) electrons. The lowest BCUT2D eigenvalue weighted by molar-refractivity contribution is 0.565. The zero-order chi connectivity index (χ0) is 39.3. The van der Waals surface area contributed by atoms with Crippen LogP contribution in [-0.2, 0) is 10.8 Å². The fourth-order valence-corrected chi connectivity index (χ4v) is 10.9. The van der Waals surface area contributed by atoms with Crippen molar-refractivity contribution in [3.8, 4) is 22.3 Å². The number of hydrogen-bond acceptors (Lipinski definition) is 1. The highest BCUT2D eigenvalue weighted by Gasteiger charge is 2.53. The van der Waals surface area contributed by atoms with E-state index in [9.17, 15) is 0 Å². The molecule has 0 heterocycles. The van der Waals surface area contributed by atoms with Gasteiger partial charge in [-0.05, 0) is 124 Å². The third-order valence-corrected chi connectivity index (χ3v) is 13.5. The Morgan fingerprint density at radius 3 is 1.56 bits per heavy atom. The quantitative estimate of drug-likeness (QED) is 0.162. The van der Waals surface area contributed by atoms with Crippen molar-refractivity contribution in [3.05, 3.63) is 246 Å². The van der Waals surface area contributed by atoms with Crippen LogP contribution in [0.1, 0.15) is 47.2 Å². The van der Waals surface area contributed by atoms with Gasteiger partial charge in [0.1, 0.15) is 0 Å². The Labute approximate surface area is 345 Å². The van der Waals surface area contributed by atoms with Crippen molar-refractivity contribution >= 4 is 49.4 Å². The van der Waals surface area contributed by atoms with Gasteiger partial charge in [-0.2, -0.15) is 0 Å². The Balaban J connectivity index is 1.05. The van der Waals surface area contributed by atoms with E-state index in [1.165, 1.54) is 88.0 Å². The van der Waals surface area contributed by atoms with Crippen molar-refractivity contribution in [1.29, 1.82) is 0 Å². The molecule has 2 aliphatic rings. The van der Waals surface area contributed by atoms with E-state index in [2.05, 4.69) is 231 Å². The van der Waals surface area contributed by atoms with Gasteiger partial charge in [-0.1, -0.05) is 190 Å². The number of fused-ring (bicyclic) bond motifs is 13. The molecule has 10 aromatic rings. The van der Waals surface area contributed by atoms with Gasteiger partial charge < -0.3 is 4.90 Å². The predicted octanol–water partition coefficient (Wildman–Crippen LogP) is 15.3. The molecule has 0 amide bonds. The summed E-state index contributed by atoms with van der Waals surface area (Å²) in [5, 5.41) is 7.49. The summed E-state index contributed by atoms with van der Waals surface area (Å²) in [6.45, 7) is 4.85. The SMILES string of the molecule is CC1(C)c2ccccc2C2(c3ccccc3-c3ccccc32)c2cccc(-c3ccc(N(c4ccc5ccccc5c4)c4ccc5c(ccc6ccccc65)c4)cc3)c21. The second kappa shape index (κ2) is 12.6. The highest BCUT2D eigenvalue weighted by atomic mass is 15.1. The van der Waals surface area contributed by atoms with Crippen LogP contribution in [0.15, 0.2) is 212 Å². The number of hydrogen-bond donors (Lipinski definition) is 0. The van der Waals surface area contributed by atoms with Gasteiger partial charge >= 0.3 is 0 Å². The van der Waals surface area contributed by atoms with Crippen LogP contribution < -0.4 is 4.90 Å². The molecule has 0 fully saturated rings. The molecular weight excluding hydrogens is 711 g/mol. The molecule has 0 bridgehead atoms. The van der Waals surface area contributed by atoms with Crippen molar-refractivity contribution in [2.24, 2.45) is 0 Å². The molecule has 1 heteroatoms. The predicted molar refractivity (Wildman–Crippen MR) is 249 cm³/mol. The van der Waals surface area contributed by atoms with Crippen molar-refractivity contribution in [2.75, 3.05) is 4.90 Å². The smallest absolute Gasteiger partial charge is 0.0719 e. The van der Waals surface area contributed by atoms with Crippen LogP contribution >= 0.6 is 0 Å². The summed E-state index contributed by atoms with van der Waals surface area (Å²) in [4.78, 5) is 2.41. The lowest BCUT2D eigenvalue weighted by Gasteiger charge is -2.47. The van der Waals surface area contributed by atoms with Gasteiger partial charge in [0.25, 0.3) is 0 Å². The van der Waals surface area contributed by atoms with Crippen LogP contribution in [0.25, 0.3) is 54.6 Å². The summed E-state index contributed by atoms with van der Waals surface area (Å²) in [5.74, 6) is 0. The van der Waals surface area contributed by atoms with E-state index >= 15 is 0 Å². The molecular formula is C58H41N. The Bertz CT molecular complexity index is 3270. The molecule has 0 saturated heterocycles. The van der Waals surface area contributed by atoms with Crippen LogP contribution in [0.4, 0.5) is 17.1 Å². The average Bonchev–Trinajstić information content (AvgIpc) is 3.59. The van der Waals surface area contributed by atoms with E-state index < -0.39 is 5.41 Å². The van der Waals surface area contributed by atoms with Gasteiger partial charge in [0.05, 0.1) is 5.41 Å². The average molecular weight is 752 g/mol. The molecule has 278 valence electrons. The van der Waals surface area contributed by atoms with Gasteiger partial charge in [-0.25, -0.2) is 0 Å². The fraction of sp³-hybridized carbons (Fsp3) is 0.0690. The molecule has 0 aliphatic heterocycles. The summed E-state index contributed by atoms with van der Waals surface area (Å²) in [7, 11) is 0. The van der Waals surface area contributed by atoms with E-state index in [-0.39, 0.29) is 5.41 Å². The lowest BCUT2D eigenvalue weighted by Crippen LogP contribution is -2.41. The number of nitrogens with zero attached hydrogens (tertiary/aromatic N) is 1. The lowest BCUT2D eigenvalue weighted by atomic mass is 9.54. The van der Waals surface area contributed by atoms with Crippen LogP contribution in [0, 0.1) is 0 Å². The third-order valence-electron chi connectivity index (χ3n) is 13.5. The monoisotopic (exact) mass is 751 g/mol. The Morgan fingerprint density at radius 2 is 0.814 bits per heavy atom. The normalized spacial score (nSPS) is 14.2. The molecule has 59 heavy (non-hydrogen) atoms. The number of anilines is 3. The second-order valence-electron chi connectivity index (χ2n) is 16.8. The van der Waals surface area contributed by atoms with E-state index in [0.717, 1.165) is 17.1 Å². The third kappa shape index (κ3) is 4.79. The van der Waals surface area contributed by atoms with Crippen LogP contribution in [0.5, 0.6) is 0 Å². The van der Waals surface area contributed by atoms with Crippen molar-refractivity contribution in [1.82, 2.24) is 0 Å². The van der Waals surface area contributed by atoms with E-state index in [0.29, 0.717) is 0 Å². The molecule has 0 aromatic heterocycles. The Morgan fingerprint density at radius 1 is 0.322 bits per heavy atom. The molecule has 10 aromatic carbocycles. The van der Waals surface area contributed by atoms with Crippen molar-refractivity contribution < 1.29 is 0 Å². The molecule has 0 saturated carbocycles. The standard InChI is InChI=1S/C58H41N/c1-57(2)53-23-11-12-24-54(53)58(51-21-9-7-18-49(51)50-19-8-10-22-52(50)58)55-25-13-20-48(56(55)57)40-29-31-43(32-30-40)59(44-33-28-38-14-3-4-16-41(38)36-44)45-34-35-47-42(37-45)27-26-39-15-5-6-17-46(39)47/h3-37H,1-2H3. The van der Waals surface area contributed by atoms with Crippen LogP contribution in [-0.4, -0.2) is 0 Å². The second-order valence-corrected chi connectivity index (χ2v) is 16.8. The number of benzene rings is 10. The summed E-state index contributed by atoms with van der Waals surface area (Å²) >= 11 is 0. The first-order chi connectivity index (χ1) is 29.0. The zero-order valence-electron chi connectivity index (χ0n) is 33.2. The maximum absolute atomic E-state index is 2.42. The molecule has 0 unspecified atom stereocenters. The van der Waals surface area contributed by atoms with Gasteiger partial charge in [0, 0.05) is 22.5 Å². The van der Waals surface area contributed by atoms with Gasteiger partial charge in [-0.3, -0.25) is 0 Å². The Kier molecular flexibility index (Phi) is 7.26. The maximum Gasteiger partial charge on any atom is 0.0719 e. The highest BCUT2D eigenvalue weighted by Crippen LogP contribution is 2.63. The zero-order valence-corrected chi connectivity index (χ0v) is 33.2. The van der Waals surface area contributed by atoms with E-state index in [1.54, 1.807) is 0 Å². The minimum atomic E-state index is -0.418. The first-order valence-corrected chi connectivity index (χ1v) is 20.8. The van der Waals surface area contributed by atoms with E-state index in [1.807, 2.05) is 0 Å². The molecule has 2 aliphatic carbocycles. The van der Waals surface area contributed by atoms with Crippen molar-refractivity contribution in [3.63, 3.8) is 0 Å². The maximum atomic E-state index is 2.42. The minimum absolute atomic E-state index is 0.245. The Hall–Kier alpha value is -7.22. The molecule has 0 atom stereocenters. The molecule has 1 spiro atoms. The van der Waals surface area contributed by atoms with Crippen LogP contribution in [0.3, 0.4) is 0 Å². The summed E-state index contributed by atoms with van der Waals surface area (Å²) in [6.07, 6.45) is 0. The fourth-order valence-electron chi connectivity index (χ4n) is 10.9. The first-order valence-electron chi connectivity index (χ1n) is 20.8. The van der Waals surface area contributed by atoms with Gasteiger partial charge in [-0.15, -0.1) is 0 Å². The highest BCUT2D eigenvalue weighted by molar-refractivity contribution is 6.08. The summed E-state index contributed by atoms with van der Waals surface area (Å²) in [5.41, 5.74) is 16.2. The molecule has 1 nitrogen and oxygen atoms in total. The van der Waals surface area contributed by atoms with Gasteiger partial charge in [0.15, 0.2) is 0 Å². The molecule has 0 N–H and O–H groups in total. The van der Waals surface area contributed by atoms with Crippen LogP contribution in [0.2, 0.25) is 0 Å². The first kappa shape index (κ1) is 33.9. The molecule has 12 rings (SSSR count). The minimum Gasteiger partial charge on any atom is -0.310 e. The summed E-state index contributed by atoms with van der Waals surface area (Å²) < 4.78 is 0. The van der Waals surface area contributed by atoms with Crippen molar-refractivity contribution in [2.45, 2.75) is 24.7 Å². The summed E-state index contributed by atoms with van der Waals surface area (Å²) in [6, 6.07) is 79.3. The van der Waals surface area contributed by atoms with E-state index in [4.69, 9.17) is 0 Å². The largest absolute Gasteiger partial charge is 0.310 e. The topological polar surface area (TPSA) is 3.24 Å². The number of rotatable bonds is 4. The van der Waals surface area contributed by atoms with Gasteiger partial charge in [0.2, 0.25) is 0 Å².